The lowest BCUT2D eigenvalue weighted by molar-refractivity contribution is -0.00824. The fourth-order valence-electron chi connectivity index (χ4n) is 16.9. The third-order valence-corrected chi connectivity index (χ3v) is 19.6. The highest BCUT2D eigenvalue weighted by atomic mass is 32.1. The molecule has 5 unspecified atom stereocenters. The van der Waals surface area contributed by atoms with Crippen LogP contribution < -0.4 is 19.9 Å². The van der Waals surface area contributed by atoms with Crippen LogP contribution in [0.2, 0.25) is 0 Å². The van der Waals surface area contributed by atoms with Crippen LogP contribution in [0.5, 0.6) is 11.5 Å². The Balaban J connectivity index is 0.777. The third kappa shape index (κ3) is 2.66. The maximum absolute atomic E-state index is 6.45. The van der Waals surface area contributed by atoms with Crippen molar-refractivity contribution in [1.82, 2.24) is 0 Å². The normalized spacial score (nSPS) is 27.3. The highest BCUT2D eigenvalue weighted by molar-refractivity contribution is 7.08. The molecule has 282 valence electrons. The van der Waals surface area contributed by atoms with E-state index in [1.807, 2.05) is 0 Å². The van der Waals surface area contributed by atoms with Gasteiger partial charge in [0.1, 0.15) is 0 Å². The standard InChI is InChI=1S/C55H38O3S/c1-2-54(19-57-30-16-59-17-31(30)58-20-54)18-56-7-5-3-4-6-29-52-28-14-26-12-24-10-22-8-21-9-23-11-25-13-27-15-55(29,52)53-50-38(27)34(25)42-36(23)40-32(21)33(22)41-37(24)43-35(26)39(28)51(53)49-47(43)45(41)44(40)46(42)48(49)50/h9-10,13-17,26,29,35,52H,2-8,11-12,18-20H2,1H3. The molecule has 1 saturated carbocycles. The molecule has 9 aliphatic rings. The van der Waals surface area contributed by atoms with Crippen LogP contribution in [0.1, 0.15) is 83.9 Å². The second kappa shape index (κ2) is 8.65. The lowest BCUT2D eigenvalue weighted by Gasteiger charge is -2.32. The van der Waals surface area contributed by atoms with E-state index < -0.39 is 0 Å². The number of rotatable bonds is 9. The summed E-state index contributed by atoms with van der Waals surface area (Å²) in [5.41, 5.74) is 15.3. The van der Waals surface area contributed by atoms with Crippen LogP contribution in [-0.2, 0) is 29.4 Å². The summed E-state index contributed by atoms with van der Waals surface area (Å²) >= 11 is 1.64. The van der Waals surface area contributed by atoms with E-state index >= 15 is 0 Å². The van der Waals surface area contributed by atoms with Gasteiger partial charge in [0.05, 0.1) is 25.2 Å². The number of unbranched alkanes of at least 4 members (excludes halogenated alkanes) is 2. The van der Waals surface area contributed by atoms with Crippen LogP contribution in [-0.4, -0.2) is 26.4 Å². The first kappa shape index (κ1) is 29.3. The number of hydrogen-bond acceptors (Lipinski definition) is 4. The van der Waals surface area contributed by atoms with Gasteiger partial charge in [0.25, 0.3) is 0 Å². The Morgan fingerprint density at radius 1 is 0.695 bits per heavy atom. The smallest absolute Gasteiger partial charge is 0.171 e. The molecule has 0 saturated heterocycles. The highest BCUT2D eigenvalue weighted by Crippen LogP contribution is 2.76. The van der Waals surface area contributed by atoms with Gasteiger partial charge in [0, 0.05) is 34.6 Å². The minimum absolute atomic E-state index is 0.0884. The van der Waals surface area contributed by atoms with Gasteiger partial charge in [0.15, 0.2) is 11.5 Å². The molecule has 9 aromatic carbocycles. The van der Waals surface area contributed by atoms with E-state index in [1.54, 1.807) is 158 Å². The van der Waals surface area contributed by atoms with Crippen molar-refractivity contribution in [2.24, 2.45) is 23.2 Å². The molecule has 0 bridgehead atoms. The van der Waals surface area contributed by atoms with Gasteiger partial charge in [-0.3, -0.25) is 0 Å². The first-order valence-corrected chi connectivity index (χ1v) is 23.8. The fourth-order valence-corrected chi connectivity index (χ4v) is 17.6. The summed E-state index contributed by atoms with van der Waals surface area (Å²) in [4.78, 5) is 0. The topological polar surface area (TPSA) is 27.7 Å². The molecule has 59 heavy (non-hydrogen) atoms. The van der Waals surface area contributed by atoms with Crippen LogP contribution >= 0.6 is 11.3 Å². The summed E-state index contributed by atoms with van der Waals surface area (Å²) < 4.78 is 18.8. The largest absolute Gasteiger partial charge is 0.488 e. The molecule has 8 aliphatic carbocycles. The second-order valence-electron chi connectivity index (χ2n) is 21.0. The van der Waals surface area contributed by atoms with Gasteiger partial charge >= 0.3 is 0 Å². The van der Waals surface area contributed by atoms with Gasteiger partial charge in [-0.1, -0.05) is 50.1 Å². The molecule has 2 heterocycles. The van der Waals surface area contributed by atoms with E-state index in [9.17, 15) is 0 Å². The minimum Gasteiger partial charge on any atom is -0.488 e. The van der Waals surface area contributed by atoms with Crippen LogP contribution in [0.25, 0.3) is 97.8 Å². The molecule has 10 aromatic rings. The molecule has 1 fully saturated rings. The summed E-state index contributed by atoms with van der Waals surface area (Å²) in [6.07, 6.45) is 15.1. The Morgan fingerprint density at radius 3 is 2.17 bits per heavy atom. The van der Waals surface area contributed by atoms with Crippen molar-refractivity contribution in [3.05, 3.63) is 90.0 Å². The van der Waals surface area contributed by atoms with Gasteiger partial charge in [0.2, 0.25) is 0 Å². The predicted molar refractivity (Wildman–Crippen MR) is 239 cm³/mol. The van der Waals surface area contributed by atoms with Gasteiger partial charge in [-0.2, -0.15) is 0 Å². The Bertz CT molecular complexity index is 3910. The Morgan fingerprint density at radius 2 is 1.37 bits per heavy atom. The van der Waals surface area contributed by atoms with Crippen LogP contribution in [0.15, 0.2) is 40.6 Å². The molecule has 1 aliphatic heterocycles. The van der Waals surface area contributed by atoms with Gasteiger partial charge in [-0.05, 0) is 197 Å². The monoisotopic (exact) mass is 778 g/mol. The molecule has 19 rings (SSSR count). The summed E-state index contributed by atoms with van der Waals surface area (Å²) in [7, 11) is 0. The molecule has 0 amide bonds. The summed E-state index contributed by atoms with van der Waals surface area (Å²) in [6.45, 7) is 5.09. The van der Waals surface area contributed by atoms with E-state index in [4.69, 9.17) is 14.2 Å². The molecular weight excluding hydrogens is 741 g/mol. The maximum Gasteiger partial charge on any atom is 0.171 e. The number of allylic oxidation sites excluding steroid dienone is 2. The van der Waals surface area contributed by atoms with E-state index in [-0.39, 0.29) is 10.8 Å². The maximum atomic E-state index is 6.45. The lowest BCUT2D eigenvalue weighted by Crippen LogP contribution is -2.37. The Kier molecular flexibility index (Phi) is 4.30. The zero-order valence-corrected chi connectivity index (χ0v) is 33.8. The zero-order chi connectivity index (χ0) is 37.3. The van der Waals surface area contributed by atoms with Crippen molar-refractivity contribution < 1.29 is 14.2 Å². The number of benzene rings is 5. The lowest BCUT2D eigenvalue weighted by atomic mass is 9.70. The molecule has 3 nitrogen and oxygen atoms in total. The molecular formula is C55H38O3S. The minimum atomic E-state index is -0.0884. The summed E-state index contributed by atoms with van der Waals surface area (Å²) in [5.74, 6) is 4.22. The SMILES string of the molecule is CCC1(COCCCCCC2C3C4=CC5Cc6cc7c8c9c(cc%10c%11c%12c%13c(cc%14c%13c%13c(c%15c%16c%17c(c6c8c%17c(c9%11)c%12c%13%16)C5C=%154)C23C=%14)C%10)C7)COc2cscc2OC1. The van der Waals surface area contributed by atoms with Gasteiger partial charge in [-0.25, -0.2) is 0 Å². The molecule has 0 N–H and O–H groups in total. The van der Waals surface area contributed by atoms with Crippen molar-refractivity contribution in [2.75, 3.05) is 26.4 Å². The number of thiophene rings is 1. The van der Waals surface area contributed by atoms with Crippen molar-refractivity contribution >= 4 is 109 Å². The third-order valence-electron chi connectivity index (χ3n) is 18.9. The van der Waals surface area contributed by atoms with Crippen LogP contribution in [0, 0.1) is 23.2 Å². The quantitative estimate of drug-likeness (QED) is 0.108. The molecule has 5 atom stereocenters. The van der Waals surface area contributed by atoms with Gasteiger partial charge < -0.3 is 14.2 Å². The van der Waals surface area contributed by atoms with Gasteiger partial charge in [-0.15, -0.1) is 11.3 Å². The van der Waals surface area contributed by atoms with Crippen molar-refractivity contribution in [2.45, 2.75) is 69.6 Å². The molecule has 1 aromatic heterocycles. The average molecular weight is 779 g/mol. The first-order valence-electron chi connectivity index (χ1n) is 22.9. The number of fused-ring (bicyclic) bond motifs is 2. The van der Waals surface area contributed by atoms with E-state index in [2.05, 4.69) is 48.0 Å². The highest BCUT2D eigenvalue weighted by Gasteiger charge is 2.70. The fraction of sp³-hybridized carbons (Fsp3) is 0.345. The Labute approximate surface area is 342 Å². The molecule has 1 spiro atoms. The van der Waals surface area contributed by atoms with Crippen molar-refractivity contribution in [1.29, 1.82) is 0 Å². The zero-order valence-electron chi connectivity index (χ0n) is 33.0. The first-order chi connectivity index (χ1) is 29.2. The summed E-state index contributed by atoms with van der Waals surface area (Å²) in [6, 6.07) is 8.10. The predicted octanol–water partition coefficient (Wildman–Crippen LogP) is 11.1. The number of ether oxygens (including phenoxy) is 3. The van der Waals surface area contributed by atoms with Crippen LogP contribution in [0.3, 0.4) is 0 Å². The van der Waals surface area contributed by atoms with E-state index in [0.717, 1.165) is 43.8 Å². The average Bonchev–Trinajstić information content (AvgIpc) is 4.00. The summed E-state index contributed by atoms with van der Waals surface area (Å²) in [5, 5.41) is 34.2. The van der Waals surface area contributed by atoms with Crippen LogP contribution in [0.4, 0.5) is 0 Å². The van der Waals surface area contributed by atoms with Crippen molar-refractivity contribution in [3.8, 4) is 11.5 Å². The van der Waals surface area contributed by atoms with Crippen molar-refractivity contribution in [3.63, 3.8) is 0 Å². The Hall–Kier alpha value is -4.90. The van der Waals surface area contributed by atoms with E-state index in [1.165, 1.54) is 25.7 Å². The second-order valence-corrected chi connectivity index (χ2v) is 21.8. The molecule has 0 radical (unpaired) electrons. The van der Waals surface area contributed by atoms with E-state index in [0.29, 0.717) is 43.5 Å². The number of hydrogen-bond donors (Lipinski definition) is 0. The molecule has 4 heteroatoms.